The number of methoxy groups -OCH3 is 1. The molecule has 0 aromatic heterocycles. The molecule has 0 amide bonds. The summed E-state index contributed by atoms with van der Waals surface area (Å²) in [5.74, 6) is -0.647. The zero-order valence-electron chi connectivity index (χ0n) is 12.4. The van der Waals surface area contributed by atoms with Crippen molar-refractivity contribution in [1.82, 2.24) is 4.72 Å². The Morgan fingerprint density at radius 3 is 2.30 bits per heavy atom. The van der Waals surface area contributed by atoms with E-state index in [1.54, 1.807) is 0 Å². The van der Waals surface area contributed by atoms with E-state index >= 15 is 0 Å². The molecule has 0 aliphatic carbocycles. The van der Waals surface area contributed by atoms with Crippen LogP contribution in [0.15, 0.2) is 59.5 Å². The average Bonchev–Trinajstić information content (AvgIpc) is 2.54. The van der Waals surface area contributed by atoms with Gasteiger partial charge in [-0.3, -0.25) is 4.79 Å². The van der Waals surface area contributed by atoms with Crippen LogP contribution in [0.5, 0.6) is 0 Å². The van der Waals surface area contributed by atoms with Gasteiger partial charge in [0.25, 0.3) is 0 Å². The number of carbonyl (C=O) groups excluding carboxylic acids is 1. The minimum Gasteiger partial charge on any atom is -0.468 e. The van der Waals surface area contributed by atoms with Gasteiger partial charge in [0.15, 0.2) is 0 Å². The van der Waals surface area contributed by atoms with Crippen molar-refractivity contribution in [3.63, 3.8) is 0 Å². The lowest BCUT2D eigenvalue weighted by molar-refractivity contribution is -0.142. The Balaban J connectivity index is 2.23. The highest BCUT2D eigenvalue weighted by Gasteiger charge is 2.26. The van der Waals surface area contributed by atoms with Crippen LogP contribution in [0.1, 0.15) is 5.56 Å². The van der Waals surface area contributed by atoms with Crippen LogP contribution in [-0.4, -0.2) is 27.5 Å². The van der Waals surface area contributed by atoms with Crippen molar-refractivity contribution >= 4 is 27.6 Å². The number of hydrogen-bond donors (Lipinski definition) is 1. The van der Waals surface area contributed by atoms with Gasteiger partial charge in [-0.2, -0.15) is 4.72 Å². The molecule has 0 saturated heterocycles. The number of halogens is 1. The number of esters is 1. The molecule has 0 bridgehead atoms. The van der Waals surface area contributed by atoms with Crippen LogP contribution in [0.4, 0.5) is 0 Å². The molecule has 1 N–H and O–H groups in total. The summed E-state index contributed by atoms with van der Waals surface area (Å²) in [4.78, 5) is 11.9. The second-order valence-electron chi connectivity index (χ2n) is 4.84. The fourth-order valence-corrected chi connectivity index (χ4v) is 3.34. The number of nitrogens with one attached hydrogen (secondary N) is 1. The molecular formula is C16H16ClNO4S. The molecule has 2 rings (SSSR count). The van der Waals surface area contributed by atoms with E-state index in [4.69, 9.17) is 16.3 Å². The Morgan fingerprint density at radius 1 is 1.13 bits per heavy atom. The Bertz CT molecular complexity index is 760. The zero-order valence-corrected chi connectivity index (χ0v) is 14.0. The quantitative estimate of drug-likeness (QED) is 0.809. The summed E-state index contributed by atoms with van der Waals surface area (Å²) in [5, 5.41) is 0.428. The lowest BCUT2D eigenvalue weighted by Gasteiger charge is -2.17. The van der Waals surface area contributed by atoms with Crippen LogP contribution in [0, 0.1) is 0 Å². The molecule has 0 spiro atoms. The normalized spacial score (nSPS) is 12.6. The third-order valence-electron chi connectivity index (χ3n) is 3.19. The molecule has 0 heterocycles. The molecule has 0 fully saturated rings. The third-order valence-corrected chi connectivity index (χ3v) is 4.93. The van der Waals surface area contributed by atoms with E-state index in [-0.39, 0.29) is 11.3 Å². The molecular weight excluding hydrogens is 338 g/mol. The predicted octanol–water partition coefficient (Wildman–Crippen LogP) is 2.40. The molecule has 0 unspecified atom stereocenters. The summed E-state index contributed by atoms with van der Waals surface area (Å²) in [6, 6.07) is 13.8. The molecule has 7 heteroatoms. The lowest BCUT2D eigenvalue weighted by atomic mass is 10.1. The first-order valence-electron chi connectivity index (χ1n) is 6.82. The van der Waals surface area contributed by atoms with E-state index in [0.29, 0.717) is 5.02 Å². The molecule has 5 nitrogen and oxygen atoms in total. The van der Waals surface area contributed by atoms with Gasteiger partial charge in [0.2, 0.25) is 10.0 Å². The van der Waals surface area contributed by atoms with Crippen molar-refractivity contribution in [3.8, 4) is 0 Å². The van der Waals surface area contributed by atoms with Crippen LogP contribution in [0.25, 0.3) is 0 Å². The Labute approximate surface area is 140 Å². The largest absolute Gasteiger partial charge is 0.468 e. The summed E-state index contributed by atoms with van der Waals surface area (Å²) < 4.78 is 31.9. The first-order chi connectivity index (χ1) is 10.9. The highest BCUT2D eigenvalue weighted by Crippen LogP contribution is 2.15. The molecule has 23 heavy (non-hydrogen) atoms. The standard InChI is InChI=1S/C16H16ClNO4S/c1-22-16(19)15(11-12-5-3-2-4-6-12)18-23(20,21)14-9-7-13(17)8-10-14/h2-10,15,18H,11H2,1H3/t15-/m1/s1. The van der Waals surface area contributed by atoms with Gasteiger partial charge in [-0.05, 0) is 36.2 Å². The SMILES string of the molecule is COC(=O)[C@@H](Cc1ccccc1)NS(=O)(=O)c1ccc(Cl)cc1. The first-order valence-corrected chi connectivity index (χ1v) is 8.68. The number of ether oxygens (including phenoxy) is 1. The van der Waals surface area contributed by atoms with Gasteiger partial charge in [-0.25, -0.2) is 8.42 Å². The van der Waals surface area contributed by atoms with Crippen molar-refractivity contribution in [2.24, 2.45) is 0 Å². The topological polar surface area (TPSA) is 72.5 Å². The van der Waals surface area contributed by atoms with Gasteiger partial charge in [0, 0.05) is 5.02 Å². The Kier molecular flexibility index (Phi) is 5.76. The van der Waals surface area contributed by atoms with Crippen molar-refractivity contribution < 1.29 is 17.9 Å². The summed E-state index contributed by atoms with van der Waals surface area (Å²) in [6.45, 7) is 0. The third kappa shape index (κ3) is 4.79. The van der Waals surface area contributed by atoms with Gasteiger partial charge < -0.3 is 4.74 Å². The predicted molar refractivity (Wildman–Crippen MR) is 87.7 cm³/mol. The second kappa shape index (κ2) is 7.59. The monoisotopic (exact) mass is 353 g/mol. The number of sulfonamides is 1. The van der Waals surface area contributed by atoms with Crippen molar-refractivity contribution in [3.05, 3.63) is 65.2 Å². The van der Waals surface area contributed by atoms with Gasteiger partial charge in [0.1, 0.15) is 6.04 Å². The summed E-state index contributed by atoms with van der Waals surface area (Å²) in [5.41, 5.74) is 0.821. The van der Waals surface area contributed by atoms with E-state index in [1.165, 1.54) is 31.4 Å². The van der Waals surface area contributed by atoms with Crippen LogP contribution in [-0.2, 0) is 26.0 Å². The fourth-order valence-electron chi connectivity index (χ4n) is 2.03. The number of rotatable bonds is 6. The minimum absolute atomic E-state index is 0.0314. The van der Waals surface area contributed by atoms with Crippen LogP contribution >= 0.6 is 11.6 Å². The van der Waals surface area contributed by atoms with E-state index < -0.39 is 22.0 Å². The summed E-state index contributed by atoms with van der Waals surface area (Å²) >= 11 is 5.76. The smallest absolute Gasteiger partial charge is 0.324 e. The van der Waals surface area contributed by atoms with Gasteiger partial charge in [-0.1, -0.05) is 41.9 Å². The molecule has 0 radical (unpaired) electrons. The second-order valence-corrected chi connectivity index (χ2v) is 6.99. The first kappa shape index (κ1) is 17.5. The molecule has 1 atom stereocenters. The maximum Gasteiger partial charge on any atom is 0.324 e. The maximum absolute atomic E-state index is 12.4. The van der Waals surface area contributed by atoms with Crippen molar-refractivity contribution in [2.75, 3.05) is 7.11 Å². The average molecular weight is 354 g/mol. The van der Waals surface area contributed by atoms with Crippen molar-refractivity contribution in [1.29, 1.82) is 0 Å². The number of carbonyl (C=O) groups is 1. The molecule has 2 aromatic carbocycles. The highest BCUT2D eigenvalue weighted by molar-refractivity contribution is 7.89. The molecule has 2 aromatic rings. The fraction of sp³-hybridized carbons (Fsp3) is 0.188. The number of benzene rings is 2. The van der Waals surface area contributed by atoms with Crippen LogP contribution in [0.2, 0.25) is 5.02 Å². The summed E-state index contributed by atoms with van der Waals surface area (Å²) in [6.07, 6.45) is 0.195. The van der Waals surface area contributed by atoms with E-state index in [2.05, 4.69) is 4.72 Å². The van der Waals surface area contributed by atoms with Crippen molar-refractivity contribution in [2.45, 2.75) is 17.4 Å². The van der Waals surface area contributed by atoms with Gasteiger partial charge in [-0.15, -0.1) is 0 Å². The summed E-state index contributed by atoms with van der Waals surface area (Å²) in [7, 11) is -2.64. The molecule has 0 saturated carbocycles. The number of hydrogen-bond acceptors (Lipinski definition) is 4. The minimum atomic E-state index is -3.86. The highest BCUT2D eigenvalue weighted by atomic mass is 35.5. The Morgan fingerprint density at radius 2 is 1.74 bits per heavy atom. The maximum atomic E-state index is 12.4. The zero-order chi connectivity index (χ0) is 16.9. The van der Waals surface area contributed by atoms with E-state index in [1.807, 2.05) is 30.3 Å². The molecule has 0 aliphatic heterocycles. The van der Waals surface area contributed by atoms with Crippen LogP contribution < -0.4 is 4.72 Å². The van der Waals surface area contributed by atoms with E-state index in [0.717, 1.165) is 5.56 Å². The van der Waals surface area contributed by atoms with E-state index in [9.17, 15) is 13.2 Å². The van der Waals surface area contributed by atoms with Gasteiger partial charge >= 0.3 is 5.97 Å². The molecule has 122 valence electrons. The molecule has 0 aliphatic rings. The van der Waals surface area contributed by atoms with Gasteiger partial charge in [0.05, 0.1) is 12.0 Å². The van der Waals surface area contributed by atoms with Crippen LogP contribution in [0.3, 0.4) is 0 Å². The lowest BCUT2D eigenvalue weighted by Crippen LogP contribution is -2.42. The Hall–Kier alpha value is -1.89.